The van der Waals surface area contributed by atoms with Crippen LogP contribution in [-0.2, 0) is 6.42 Å². The van der Waals surface area contributed by atoms with Crippen molar-refractivity contribution in [2.24, 2.45) is 0 Å². The molecule has 0 aromatic heterocycles. The summed E-state index contributed by atoms with van der Waals surface area (Å²) in [5.41, 5.74) is 2.97. The zero-order valence-electron chi connectivity index (χ0n) is 16.7. The van der Waals surface area contributed by atoms with Crippen molar-refractivity contribution in [3.05, 3.63) is 59.7 Å². The minimum Gasteiger partial charge on any atom is -0.508 e. The molecule has 0 saturated carbocycles. The number of rotatable bonds is 9. The molecule has 0 amide bonds. The van der Waals surface area contributed by atoms with Gasteiger partial charge in [0.2, 0.25) is 0 Å². The lowest BCUT2D eigenvalue weighted by molar-refractivity contribution is 0.475. The lowest BCUT2D eigenvalue weighted by atomic mass is 9.93. The highest BCUT2D eigenvalue weighted by molar-refractivity contribution is 7.80. The van der Waals surface area contributed by atoms with Gasteiger partial charge in [-0.15, -0.1) is 12.6 Å². The fourth-order valence-electron chi connectivity index (χ4n) is 3.09. The summed E-state index contributed by atoms with van der Waals surface area (Å²) >= 11 is 4.63. The summed E-state index contributed by atoms with van der Waals surface area (Å²) in [6.45, 7) is 6.82. The molecule has 0 radical (unpaired) electrons. The first kappa shape index (κ1) is 22.6. The Hall–Kier alpha value is -1.41. The SMILES string of the molecule is CCCCCCCCCc1c(S)cccc1C(C)C.Oc1ccccc1. The predicted molar refractivity (Wildman–Crippen MR) is 118 cm³/mol. The maximum atomic E-state index is 8.63. The molecular formula is C24H36OS. The van der Waals surface area contributed by atoms with Crippen molar-refractivity contribution in [3.63, 3.8) is 0 Å². The standard InChI is InChI=1S/C18H30S.C6H6O/c1-4-5-6-7-8-9-10-12-17-16(15(2)3)13-11-14-18(17)19;7-6-4-2-1-3-5-6/h11,13-15,19H,4-10,12H2,1-3H3;1-5,7H. The molecule has 2 aromatic rings. The third-order valence-corrected chi connectivity index (χ3v) is 5.02. The summed E-state index contributed by atoms with van der Waals surface area (Å²) in [5, 5.41) is 8.63. The molecule has 0 fully saturated rings. The van der Waals surface area contributed by atoms with Gasteiger partial charge in [-0.2, -0.15) is 0 Å². The summed E-state index contributed by atoms with van der Waals surface area (Å²) in [6, 6.07) is 15.2. The molecule has 2 aromatic carbocycles. The van der Waals surface area contributed by atoms with Gasteiger partial charge in [0.15, 0.2) is 0 Å². The van der Waals surface area contributed by atoms with E-state index in [-0.39, 0.29) is 0 Å². The molecule has 0 bridgehead atoms. The lowest BCUT2D eigenvalue weighted by Crippen LogP contribution is -1.98. The van der Waals surface area contributed by atoms with Gasteiger partial charge >= 0.3 is 0 Å². The molecule has 26 heavy (non-hydrogen) atoms. The normalized spacial score (nSPS) is 10.5. The van der Waals surface area contributed by atoms with Gasteiger partial charge in [-0.3, -0.25) is 0 Å². The first-order valence-corrected chi connectivity index (χ1v) is 10.6. The van der Waals surface area contributed by atoms with Crippen LogP contribution in [0.25, 0.3) is 0 Å². The molecule has 2 heteroatoms. The van der Waals surface area contributed by atoms with Crippen molar-refractivity contribution in [1.29, 1.82) is 0 Å². The second kappa shape index (κ2) is 13.7. The van der Waals surface area contributed by atoms with Gasteiger partial charge < -0.3 is 5.11 Å². The van der Waals surface area contributed by atoms with Crippen LogP contribution < -0.4 is 0 Å². The monoisotopic (exact) mass is 372 g/mol. The maximum Gasteiger partial charge on any atom is 0.115 e. The summed E-state index contributed by atoms with van der Waals surface area (Å²) in [7, 11) is 0. The van der Waals surface area contributed by atoms with Crippen molar-refractivity contribution in [2.45, 2.75) is 83.0 Å². The molecule has 2 rings (SSSR count). The van der Waals surface area contributed by atoms with Crippen molar-refractivity contribution in [1.82, 2.24) is 0 Å². The molecule has 0 atom stereocenters. The number of thiol groups is 1. The topological polar surface area (TPSA) is 20.2 Å². The number of hydrogen-bond donors (Lipinski definition) is 2. The van der Waals surface area contributed by atoms with E-state index < -0.39 is 0 Å². The highest BCUT2D eigenvalue weighted by Gasteiger charge is 2.08. The summed E-state index contributed by atoms with van der Waals surface area (Å²) in [4.78, 5) is 1.18. The van der Waals surface area contributed by atoms with Crippen LogP contribution in [0.4, 0.5) is 0 Å². The number of hydrogen-bond acceptors (Lipinski definition) is 2. The number of benzene rings is 2. The van der Waals surface area contributed by atoms with E-state index in [1.807, 2.05) is 6.07 Å². The first-order valence-electron chi connectivity index (χ1n) is 10.1. The Balaban J connectivity index is 0.000000401. The molecule has 0 aliphatic heterocycles. The fraction of sp³-hybridized carbons (Fsp3) is 0.500. The summed E-state index contributed by atoms with van der Waals surface area (Å²) in [5.74, 6) is 0.925. The van der Waals surface area contributed by atoms with Gasteiger partial charge in [0.1, 0.15) is 5.75 Å². The number of unbranched alkanes of at least 4 members (excludes halogenated alkanes) is 6. The maximum absolute atomic E-state index is 8.63. The highest BCUT2D eigenvalue weighted by atomic mass is 32.1. The van der Waals surface area contributed by atoms with Gasteiger partial charge in [0.05, 0.1) is 0 Å². The van der Waals surface area contributed by atoms with E-state index in [2.05, 4.69) is 51.6 Å². The third-order valence-electron chi connectivity index (χ3n) is 4.60. The molecule has 0 saturated heterocycles. The number of para-hydroxylation sites is 1. The number of phenols is 1. The van der Waals surface area contributed by atoms with Crippen molar-refractivity contribution in [3.8, 4) is 5.75 Å². The van der Waals surface area contributed by atoms with Crippen LogP contribution in [0.15, 0.2) is 53.4 Å². The molecular weight excluding hydrogens is 336 g/mol. The molecule has 144 valence electrons. The van der Waals surface area contributed by atoms with Crippen LogP contribution in [0.1, 0.15) is 82.8 Å². The highest BCUT2D eigenvalue weighted by Crippen LogP contribution is 2.26. The fourth-order valence-corrected chi connectivity index (χ4v) is 3.42. The average molecular weight is 373 g/mol. The molecule has 0 unspecified atom stereocenters. The Morgan fingerprint density at radius 3 is 1.96 bits per heavy atom. The Labute approximate surface area is 166 Å². The van der Waals surface area contributed by atoms with Crippen molar-refractivity contribution in [2.75, 3.05) is 0 Å². The summed E-state index contributed by atoms with van der Waals surface area (Å²) < 4.78 is 0. The van der Waals surface area contributed by atoms with E-state index in [9.17, 15) is 0 Å². The van der Waals surface area contributed by atoms with Gasteiger partial charge in [0.25, 0.3) is 0 Å². The van der Waals surface area contributed by atoms with Gasteiger partial charge in [-0.25, -0.2) is 0 Å². The third kappa shape index (κ3) is 9.33. The lowest BCUT2D eigenvalue weighted by Gasteiger charge is -2.15. The van der Waals surface area contributed by atoms with E-state index in [0.29, 0.717) is 11.7 Å². The Morgan fingerprint density at radius 2 is 1.42 bits per heavy atom. The van der Waals surface area contributed by atoms with E-state index in [0.717, 1.165) is 0 Å². The van der Waals surface area contributed by atoms with Crippen LogP contribution in [-0.4, -0.2) is 5.11 Å². The largest absolute Gasteiger partial charge is 0.508 e. The van der Waals surface area contributed by atoms with Crippen LogP contribution in [0.5, 0.6) is 5.75 Å². The number of phenolic OH excluding ortho intramolecular Hbond substituents is 1. The van der Waals surface area contributed by atoms with Crippen LogP contribution in [0.2, 0.25) is 0 Å². The second-order valence-electron chi connectivity index (χ2n) is 7.21. The van der Waals surface area contributed by atoms with Crippen LogP contribution in [0, 0.1) is 0 Å². The smallest absolute Gasteiger partial charge is 0.115 e. The van der Waals surface area contributed by atoms with E-state index in [4.69, 9.17) is 5.11 Å². The van der Waals surface area contributed by atoms with Crippen molar-refractivity contribution < 1.29 is 5.11 Å². The van der Waals surface area contributed by atoms with Gasteiger partial charge in [-0.05, 0) is 48.1 Å². The minimum atomic E-state index is 0.322. The van der Waals surface area contributed by atoms with Crippen LogP contribution in [0.3, 0.4) is 0 Å². The molecule has 0 aliphatic carbocycles. The zero-order chi connectivity index (χ0) is 19.2. The minimum absolute atomic E-state index is 0.322. The molecule has 0 aliphatic rings. The van der Waals surface area contributed by atoms with Crippen molar-refractivity contribution >= 4 is 12.6 Å². The number of aromatic hydroxyl groups is 1. The van der Waals surface area contributed by atoms with E-state index in [1.54, 1.807) is 24.3 Å². The second-order valence-corrected chi connectivity index (χ2v) is 7.69. The van der Waals surface area contributed by atoms with Gasteiger partial charge in [0, 0.05) is 4.90 Å². The average Bonchev–Trinajstić information content (AvgIpc) is 2.63. The zero-order valence-corrected chi connectivity index (χ0v) is 17.6. The predicted octanol–water partition coefficient (Wildman–Crippen LogP) is 7.78. The first-order chi connectivity index (χ1) is 12.6. The Bertz CT molecular complexity index is 592. The molecule has 1 nitrogen and oxygen atoms in total. The van der Waals surface area contributed by atoms with E-state index >= 15 is 0 Å². The van der Waals surface area contributed by atoms with Crippen LogP contribution >= 0.6 is 12.6 Å². The van der Waals surface area contributed by atoms with E-state index in [1.165, 1.54) is 67.4 Å². The quantitative estimate of drug-likeness (QED) is 0.340. The molecule has 0 heterocycles. The summed E-state index contributed by atoms with van der Waals surface area (Å²) in [6.07, 6.45) is 10.8. The van der Waals surface area contributed by atoms with Gasteiger partial charge in [-0.1, -0.05) is 89.6 Å². The Morgan fingerprint density at radius 1 is 0.808 bits per heavy atom. The molecule has 0 spiro atoms. The Kier molecular flexibility index (Phi) is 12.0. The molecule has 1 N–H and O–H groups in total.